The average Bonchev–Trinajstić information content (AvgIpc) is 2.89. The first-order valence-electron chi connectivity index (χ1n) is 10.8. The third-order valence-electron chi connectivity index (χ3n) is 5.76. The molecule has 4 aromatic carbocycles. The fraction of sp³-hybridized carbons (Fsp3) is 0.0333. The Morgan fingerprint density at radius 1 is 0.515 bits per heavy atom. The number of carboxylic acid groups (broad SMARTS) is 1. The number of carboxylic acids is 1. The standard InChI is InChI=1S/C30H22O3/c31-30(32)27-25(21-13-5-1-6-14-21)28(23-17-9-3-10-18-23)33-29(24-19-11-4-12-20-24)26(27)22-15-7-2-8-16-22/h1-20,27H,(H,31,32). The van der Waals surface area contributed by atoms with E-state index in [1.807, 2.05) is 121 Å². The van der Waals surface area contributed by atoms with E-state index in [1.165, 1.54) is 0 Å². The number of aliphatic carboxylic acids is 1. The molecule has 0 saturated heterocycles. The van der Waals surface area contributed by atoms with Crippen LogP contribution in [-0.4, -0.2) is 11.1 Å². The predicted molar refractivity (Wildman–Crippen MR) is 132 cm³/mol. The number of benzene rings is 4. The van der Waals surface area contributed by atoms with Crippen molar-refractivity contribution in [2.75, 3.05) is 0 Å². The molecule has 0 bridgehead atoms. The molecule has 33 heavy (non-hydrogen) atoms. The Hall–Kier alpha value is -4.37. The maximum Gasteiger partial charge on any atom is 0.315 e. The van der Waals surface area contributed by atoms with Crippen LogP contribution in [0.1, 0.15) is 22.3 Å². The predicted octanol–water partition coefficient (Wildman–Crippen LogP) is 6.85. The summed E-state index contributed by atoms with van der Waals surface area (Å²) in [5.41, 5.74) is 4.61. The van der Waals surface area contributed by atoms with Crippen molar-refractivity contribution < 1.29 is 14.6 Å². The second-order valence-electron chi connectivity index (χ2n) is 7.82. The number of carbonyl (C=O) groups is 1. The van der Waals surface area contributed by atoms with Crippen LogP contribution in [0, 0.1) is 5.92 Å². The second kappa shape index (κ2) is 9.01. The number of hydrogen-bond donors (Lipinski definition) is 1. The van der Waals surface area contributed by atoms with Crippen LogP contribution in [0.2, 0.25) is 0 Å². The van der Waals surface area contributed by atoms with Crippen molar-refractivity contribution in [1.29, 1.82) is 0 Å². The zero-order valence-electron chi connectivity index (χ0n) is 17.9. The Morgan fingerprint density at radius 3 is 1.12 bits per heavy atom. The van der Waals surface area contributed by atoms with Crippen molar-refractivity contribution in [3.63, 3.8) is 0 Å². The van der Waals surface area contributed by atoms with Crippen LogP contribution in [0.15, 0.2) is 121 Å². The molecule has 1 N–H and O–H groups in total. The first-order chi connectivity index (χ1) is 16.2. The minimum Gasteiger partial charge on any atom is -0.481 e. The van der Waals surface area contributed by atoms with Gasteiger partial charge in [0.1, 0.15) is 17.4 Å². The molecule has 0 aliphatic carbocycles. The summed E-state index contributed by atoms with van der Waals surface area (Å²) < 4.78 is 6.67. The SMILES string of the molecule is O=C(O)C1C(c2ccccc2)=C(c2ccccc2)OC(c2ccccc2)=C1c1ccccc1. The lowest BCUT2D eigenvalue weighted by Crippen LogP contribution is -2.24. The summed E-state index contributed by atoms with van der Waals surface area (Å²) in [7, 11) is 0. The van der Waals surface area contributed by atoms with Crippen molar-refractivity contribution in [3.8, 4) is 0 Å². The lowest BCUT2D eigenvalue weighted by atomic mass is 9.78. The summed E-state index contributed by atoms with van der Waals surface area (Å²) >= 11 is 0. The molecule has 0 spiro atoms. The van der Waals surface area contributed by atoms with E-state index in [2.05, 4.69) is 0 Å². The van der Waals surface area contributed by atoms with Gasteiger partial charge in [0, 0.05) is 22.3 Å². The maximum absolute atomic E-state index is 13.0. The van der Waals surface area contributed by atoms with Gasteiger partial charge in [-0.15, -0.1) is 0 Å². The Bertz CT molecular complexity index is 1220. The summed E-state index contributed by atoms with van der Waals surface area (Å²) in [6.45, 7) is 0. The summed E-state index contributed by atoms with van der Waals surface area (Å²) in [6.07, 6.45) is 0. The normalized spacial score (nSPS) is 14.2. The van der Waals surface area contributed by atoms with E-state index in [-0.39, 0.29) is 0 Å². The molecular weight excluding hydrogens is 408 g/mol. The van der Waals surface area contributed by atoms with E-state index >= 15 is 0 Å². The second-order valence-corrected chi connectivity index (χ2v) is 7.82. The van der Waals surface area contributed by atoms with Crippen molar-refractivity contribution in [2.45, 2.75) is 0 Å². The number of ether oxygens (including phenoxy) is 1. The molecule has 0 amide bonds. The summed E-state index contributed by atoms with van der Waals surface area (Å²) in [6, 6.07) is 38.7. The van der Waals surface area contributed by atoms with Crippen molar-refractivity contribution >= 4 is 28.6 Å². The van der Waals surface area contributed by atoms with Crippen LogP contribution < -0.4 is 0 Å². The van der Waals surface area contributed by atoms with Crippen LogP contribution in [-0.2, 0) is 9.53 Å². The van der Waals surface area contributed by atoms with Gasteiger partial charge < -0.3 is 9.84 Å². The lowest BCUT2D eigenvalue weighted by Gasteiger charge is -2.32. The molecule has 4 aromatic rings. The highest BCUT2D eigenvalue weighted by Gasteiger charge is 2.39. The smallest absolute Gasteiger partial charge is 0.315 e. The first kappa shape index (κ1) is 20.5. The number of rotatable bonds is 5. The van der Waals surface area contributed by atoms with E-state index in [4.69, 9.17) is 4.74 Å². The monoisotopic (exact) mass is 430 g/mol. The first-order valence-corrected chi connectivity index (χ1v) is 10.8. The maximum atomic E-state index is 13.0. The lowest BCUT2D eigenvalue weighted by molar-refractivity contribution is -0.138. The van der Waals surface area contributed by atoms with Crippen LogP contribution in [0.5, 0.6) is 0 Å². The molecule has 1 aliphatic rings. The van der Waals surface area contributed by atoms with Gasteiger partial charge in [-0.05, 0) is 11.1 Å². The Labute approximate surface area is 192 Å². The molecule has 1 aliphatic heterocycles. The molecular formula is C30H22O3. The van der Waals surface area contributed by atoms with Crippen LogP contribution in [0.4, 0.5) is 0 Å². The Balaban J connectivity index is 1.85. The highest BCUT2D eigenvalue weighted by atomic mass is 16.5. The van der Waals surface area contributed by atoms with E-state index in [0.717, 1.165) is 22.3 Å². The van der Waals surface area contributed by atoms with Crippen molar-refractivity contribution in [2.24, 2.45) is 5.92 Å². The van der Waals surface area contributed by atoms with E-state index in [9.17, 15) is 9.90 Å². The van der Waals surface area contributed by atoms with Crippen LogP contribution >= 0.6 is 0 Å². The van der Waals surface area contributed by atoms with Gasteiger partial charge in [-0.25, -0.2) is 0 Å². The van der Waals surface area contributed by atoms with Crippen molar-refractivity contribution in [1.82, 2.24) is 0 Å². The molecule has 0 saturated carbocycles. The molecule has 160 valence electrons. The molecule has 0 fully saturated rings. The summed E-state index contributed by atoms with van der Waals surface area (Å²) in [5.74, 6) is -0.702. The van der Waals surface area contributed by atoms with Gasteiger partial charge in [-0.2, -0.15) is 0 Å². The van der Waals surface area contributed by atoms with Crippen LogP contribution in [0.25, 0.3) is 22.7 Å². The topological polar surface area (TPSA) is 46.5 Å². The summed E-state index contributed by atoms with van der Waals surface area (Å²) in [5, 5.41) is 10.6. The fourth-order valence-corrected chi connectivity index (χ4v) is 4.30. The third kappa shape index (κ3) is 3.97. The molecule has 3 heteroatoms. The van der Waals surface area contributed by atoms with E-state index < -0.39 is 11.9 Å². The van der Waals surface area contributed by atoms with Crippen molar-refractivity contribution in [3.05, 3.63) is 144 Å². The van der Waals surface area contributed by atoms with Gasteiger partial charge in [0.15, 0.2) is 0 Å². The fourth-order valence-electron chi connectivity index (χ4n) is 4.30. The van der Waals surface area contributed by atoms with Crippen LogP contribution in [0.3, 0.4) is 0 Å². The number of hydrogen-bond acceptors (Lipinski definition) is 2. The van der Waals surface area contributed by atoms with Gasteiger partial charge in [0.05, 0.1) is 0 Å². The highest BCUT2D eigenvalue weighted by Crippen LogP contribution is 2.49. The Kier molecular flexibility index (Phi) is 5.61. The molecule has 0 radical (unpaired) electrons. The third-order valence-corrected chi connectivity index (χ3v) is 5.76. The molecule has 0 aromatic heterocycles. The highest BCUT2D eigenvalue weighted by molar-refractivity contribution is 6.13. The zero-order chi connectivity index (χ0) is 22.6. The zero-order valence-corrected chi connectivity index (χ0v) is 17.9. The van der Waals surface area contributed by atoms with Gasteiger partial charge in [0.2, 0.25) is 0 Å². The van der Waals surface area contributed by atoms with Gasteiger partial charge in [-0.1, -0.05) is 121 Å². The summed E-state index contributed by atoms with van der Waals surface area (Å²) in [4.78, 5) is 13.0. The molecule has 5 rings (SSSR count). The average molecular weight is 431 g/mol. The van der Waals surface area contributed by atoms with Gasteiger partial charge in [-0.3, -0.25) is 4.79 Å². The van der Waals surface area contributed by atoms with Gasteiger partial charge >= 0.3 is 5.97 Å². The molecule has 0 unspecified atom stereocenters. The quantitative estimate of drug-likeness (QED) is 0.376. The molecule has 3 nitrogen and oxygen atoms in total. The molecule has 0 atom stereocenters. The molecule has 1 heterocycles. The largest absolute Gasteiger partial charge is 0.481 e. The van der Waals surface area contributed by atoms with Gasteiger partial charge in [0.25, 0.3) is 0 Å². The minimum absolute atomic E-state index is 0.563. The minimum atomic E-state index is -0.919. The Morgan fingerprint density at radius 2 is 0.818 bits per heavy atom. The van der Waals surface area contributed by atoms with E-state index in [1.54, 1.807) is 0 Å². The van der Waals surface area contributed by atoms with E-state index in [0.29, 0.717) is 22.7 Å².